The predicted octanol–water partition coefficient (Wildman–Crippen LogP) is 3.57. The Hall–Kier alpha value is -3.44. The molecule has 258 valence electrons. The smallest absolute Gasteiger partial charge is 0.377 e. The quantitative estimate of drug-likeness (QED) is 0.231. The Labute approximate surface area is 268 Å². The van der Waals surface area contributed by atoms with E-state index in [0.29, 0.717) is 49.2 Å². The number of hydrogen-bond acceptors (Lipinski definition) is 9. The van der Waals surface area contributed by atoms with E-state index in [4.69, 9.17) is 19.8 Å². The fourth-order valence-electron chi connectivity index (χ4n) is 6.93. The van der Waals surface area contributed by atoms with Crippen LogP contribution in [0.4, 0.5) is 27.8 Å². The molecule has 3 aromatic rings. The number of rotatable bonds is 9. The van der Waals surface area contributed by atoms with Gasteiger partial charge < -0.3 is 20.1 Å². The van der Waals surface area contributed by atoms with Crippen LogP contribution in [-0.4, -0.2) is 84.8 Å². The van der Waals surface area contributed by atoms with Gasteiger partial charge in [0.05, 0.1) is 48.8 Å². The van der Waals surface area contributed by atoms with Gasteiger partial charge in [-0.15, -0.1) is 0 Å². The zero-order valence-corrected chi connectivity index (χ0v) is 26.3. The van der Waals surface area contributed by atoms with Gasteiger partial charge in [0.2, 0.25) is 11.8 Å². The number of carbonyl (C=O) groups excluding carboxylic acids is 1. The topological polar surface area (TPSA) is 135 Å². The number of fused-ring (bicyclic) bond motifs is 1. The molecule has 1 unspecified atom stereocenters. The molecule has 2 saturated heterocycles. The van der Waals surface area contributed by atoms with E-state index in [1.165, 1.54) is 4.52 Å². The molecule has 1 aliphatic carbocycles. The maximum Gasteiger partial charge on any atom is 0.393 e. The third kappa shape index (κ3) is 7.21. The van der Waals surface area contributed by atoms with Crippen molar-refractivity contribution in [3.05, 3.63) is 35.5 Å². The molecule has 5 heterocycles. The van der Waals surface area contributed by atoms with Gasteiger partial charge in [-0.3, -0.25) is 14.8 Å². The molecule has 1 amide bonds. The maximum atomic E-state index is 14.2. The molecule has 0 aromatic carbocycles. The number of amides is 1. The normalized spacial score (nSPS) is 25.6. The minimum absolute atomic E-state index is 0.0760. The molecule has 5 atom stereocenters. The average molecular weight is 670 g/mol. The second kappa shape index (κ2) is 13.2. The van der Waals surface area contributed by atoms with Crippen molar-refractivity contribution in [2.75, 3.05) is 31.2 Å². The zero-order chi connectivity index (χ0) is 33.5. The first-order valence-electron chi connectivity index (χ1n) is 16.1. The first kappa shape index (κ1) is 33.5. The van der Waals surface area contributed by atoms with E-state index in [-0.39, 0.29) is 56.3 Å². The molecular weight excluding hydrogens is 629 g/mol. The van der Waals surface area contributed by atoms with Crippen LogP contribution in [0.1, 0.15) is 75.3 Å². The van der Waals surface area contributed by atoms with Crippen LogP contribution < -0.4 is 15.5 Å². The number of nitrogens with one attached hydrogen (secondary N) is 2. The first-order chi connectivity index (χ1) is 22.3. The number of imidazole rings is 1. The lowest BCUT2D eigenvalue weighted by atomic mass is 9.81. The summed E-state index contributed by atoms with van der Waals surface area (Å²) in [4.78, 5) is 24.3. The van der Waals surface area contributed by atoms with E-state index >= 15 is 0 Å². The van der Waals surface area contributed by atoms with Gasteiger partial charge in [-0.05, 0) is 45.1 Å². The third-order valence-corrected chi connectivity index (χ3v) is 9.60. The molecular formula is C30H40F5N9O3. The van der Waals surface area contributed by atoms with Crippen molar-refractivity contribution < 1.29 is 36.6 Å². The molecule has 3 N–H and O–H groups in total. The van der Waals surface area contributed by atoms with Crippen LogP contribution in [0.2, 0.25) is 0 Å². The Kier molecular flexibility index (Phi) is 9.41. The lowest BCUT2D eigenvalue weighted by Crippen LogP contribution is -2.48. The van der Waals surface area contributed by atoms with Crippen LogP contribution in [0.15, 0.2) is 18.5 Å². The number of aliphatic hydroxyl groups excluding tert-OH is 1. The summed E-state index contributed by atoms with van der Waals surface area (Å²) in [5, 5.41) is 25.8. The molecule has 3 aromatic heterocycles. The second-order valence-electron chi connectivity index (χ2n) is 12.8. The number of aryl methyl sites for hydroxylation is 1. The summed E-state index contributed by atoms with van der Waals surface area (Å²) in [6.07, 6.45) is -3.11. The highest BCUT2D eigenvalue weighted by Crippen LogP contribution is 2.42. The van der Waals surface area contributed by atoms with Gasteiger partial charge in [0, 0.05) is 51.0 Å². The zero-order valence-electron chi connectivity index (χ0n) is 26.3. The Morgan fingerprint density at radius 1 is 1.23 bits per heavy atom. The van der Waals surface area contributed by atoms with E-state index < -0.39 is 48.7 Å². The molecule has 0 bridgehead atoms. The van der Waals surface area contributed by atoms with Crippen molar-refractivity contribution in [3.63, 3.8) is 0 Å². The first-order valence-corrected chi connectivity index (χ1v) is 16.1. The van der Waals surface area contributed by atoms with Gasteiger partial charge in [0.15, 0.2) is 5.82 Å². The highest BCUT2D eigenvalue weighted by atomic mass is 19.4. The van der Waals surface area contributed by atoms with Crippen molar-refractivity contribution in [2.45, 2.75) is 89.3 Å². The molecule has 0 radical (unpaired) electrons. The van der Waals surface area contributed by atoms with Crippen molar-refractivity contribution in [2.24, 2.45) is 17.8 Å². The van der Waals surface area contributed by atoms with Crippen LogP contribution in [0.3, 0.4) is 0 Å². The lowest BCUT2D eigenvalue weighted by molar-refractivity contribution is -0.183. The molecule has 0 spiro atoms. The van der Waals surface area contributed by atoms with Gasteiger partial charge >= 0.3 is 6.18 Å². The highest BCUT2D eigenvalue weighted by Gasteiger charge is 2.45. The van der Waals surface area contributed by atoms with Crippen LogP contribution in [0.25, 0.3) is 5.78 Å². The largest absolute Gasteiger partial charge is 0.393 e. The summed E-state index contributed by atoms with van der Waals surface area (Å²) < 4.78 is 77.9. The molecule has 3 aliphatic rings. The summed E-state index contributed by atoms with van der Waals surface area (Å²) in [5.41, 5.74) is 1.27. The number of piperidine rings is 1. The van der Waals surface area contributed by atoms with E-state index in [9.17, 15) is 31.9 Å². The highest BCUT2D eigenvalue weighted by molar-refractivity contribution is 5.80. The van der Waals surface area contributed by atoms with Crippen LogP contribution in [0.5, 0.6) is 0 Å². The van der Waals surface area contributed by atoms with Gasteiger partial charge in [0.1, 0.15) is 11.9 Å². The molecule has 12 nitrogen and oxygen atoms in total. The summed E-state index contributed by atoms with van der Waals surface area (Å²) in [6.45, 7) is 5.12. The minimum atomic E-state index is -4.45. The van der Waals surface area contributed by atoms with E-state index in [1.807, 2.05) is 18.7 Å². The van der Waals surface area contributed by atoms with Gasteiger partial charge in [-0.2, -0.15) is 28.4 Å². The summed E-state index contributed by atoms with van der Waals surface area (Å²) in [5.74, 6) is -5.58. The third-order valence-electron chi connectivity index (χ3n) is 9.60. The molecule has 6 rings (SSSR count). The summed E-state index contributed by atoms with van der Waals surface area (Å²) >= 11 is 0. The second-order valence-corrected chi connectivity index (χ2v) is 12.8. The molecule has 17 heteroatoms. The number of aromatic nitrogens is 6. The number of aliphatic hydroxyl groups is 1. The Morgan fingerprint density at radius 2 is 2.00 bits per heavy atom. The van der Waals surface area contributed by atoms with Crippen LogP contribution in [0, 0.1) is 17.8 Å². The number of nitrogens with zero attached hydrogens (tertiary/aromatic N) is 7. The lowest BCUT2D eigenvalue weighted by Gasteiger charge is -2.35. The standard InChI is InChI=1S/C30H40F5N9O3/c1-3-43-23(6-9-37-43)27(46)39-24(18-4-7-29(31,32)8-5-18)22-15-44-28(38-22)40-25(42-10-11-47-16-17(42)2)21(41-44)13-19-12-20(30(33,34)35)14-36-26(19)45/h6,9,15,17-20,24,27,39,46H,3-5,7-8,10-14,16H2,1-2H3,(H,36,45)/t17-,19-,20-,24+,27?/m1/s1. The molecule has 47 heavy (non-hydrogen) atoms. The van der Waals surface area contributed by atoms with Crippen LogP contribution >= 0.6 is 0 Å². The number of anilines is 1. The maximum absolute atomic E-state index is 14.2. The minimum Gasteiger partial charge on any atom is -0.377 e. The van der Waals surface area contributed by atoms with Crippen molar-refractivity contribution in [3.8, 4) is 0 Å². The Bertz CT molecular complexity index is 1550. The fourth-order valence-corrected chi connectivity index (χ4v) is 6.93. The average Bonchev–Trinajstić information content (AvgIpc) is 3.67. The van der Waals surface area contributed by atoms with Crippen molar-refractivity contribution in [1.82, 2.24) is 40.0 Å². The molecule has 2 aliphatic heterocycles. The molecule has 1 saturated carbocycles. The molecule has 3 fully saturated rings. The number of alkyl halides is 5. The number of carbonyl (C=O) groups is 1. The monoisotopic (exact) mass is 669 g/mol. The number of halogens is 5. The summed E-state index contributed by atoms with van der Waals surface area (Å²) in [6, 6.07) is 0.886. The summed E-state index contributed by atoms with van der Waals surface area (Å²) in [7, 11) is 0. The van der Waals surface area contributed by atoms with Gasteiger partial charge in [0.25, 0.3) is 5.78 Å². The Balaban J connectivity index is 1.37. The van der Waals surface area contributed by atoms with E-state index in [1.54, 1.807) is 23.1 Å². The van der Waals surface area contributed by atoms with E-state index in [2.05, 4.69) is 15.7 Å². The SMILES string of the molecule is CCn1nccc1C(O)N[C@H](c1cn2nc(C[C@H]3C[C@@H](C(F)(F)F)CNC3=O)c(N3CCOC[C@H]3C)nc2n1)C1CCC(F)(F)CC1. The van der Waals surface area contributed by atoms with Gasteiger partial charge in [-0.25, -0.2) is 18.3 Å². The number of hydrogen-bond donors (Lipinski definition) is 3. The predicted molar refractivity (Wildman–Crippen MR) is 158 cm³/mol. The number of morpholine rings is 1. The number of ether oxygens (including phenoxy) is 1. The Morgan fingerprint density at radius 3 is 2.70 bits per heavy atom. The van der Waals surface area contributed by atoms with Crippen molar-refractivity contribution >= 4 is 17.5 Å². The van der Waals surface area contributed by atoms with E-state index in [0.717, 1.165) is 0 Å². The van der Waals surface area contributed by atoms with Crippen LogP contribution in [-0.2, 0) is 22.5 Å². The van der Waals surface area contributed by atoms with Crippen molar-refractivity contribution in [1.29, 1.82) is 0 Å². The fraction of sp³-hybridized carbons (Fsp3) is 0.700. The van der Waals surface area contributed by atoms with Gasteiger partial charge in [-0.1, -0.05) is 0 Å².